The standard InChI is InChI=1S/C18H36N2/c1-3-7-16-8-6-13-20(14-11-16)18-10-5-9-17(15-18)19-12-4-2/h16-19H,3-15H2,1-2H3. The van der Waals surface area contributed by atoms with Crippen molar-refractivity contribution in [2.45, 2.75) is 90.1 Å². The molecule has 3 unspecified atom stereocenters. The minimum atomic E-state index is 0.795. The van der Waals surface area contributed by atoms with Crippen molar-refractivity contribution < 1.29 is 0 Å². The lowest BCUT2D eigenvalue weighted by Gasteiger charge is -2.37. The van der Waals surface area contributed by atoms with Crippen molar-refractivity contribution in [1.29, 1.82) is 0 Å². The van der Waals surface area contributed by atoms with E-state index in [0.29, 0.717) is 0 Å². The van der Waals surface area contributed by atoms with Gasteiger partial charge in [0.05, 0.1) is 0 Å². The molecule has 1 N–H and O–H groups in total. The van der Waals surface area contributed by atoms with Gasteiger partial charge in [-0.25, -0.2) is 0 Å². The highest BCUT2D eigenvalue weighted by Crippen LogP contribution is 2.28. The van der Waals surface area contributed by atoms with Crippen LogP contribution in [0.25, 0.3) is 0 Å². The summed E-state index contributed by atoms with van der Waals surface area (Å²) in [4.78, 5) is 2.84. The minimum absolute atomic E-state index is 0.795. The smallest absolute Gasteiger partial charge is 0.0110 e. The van der Waals surface area contributed by atoms with Gasteiger partial charge in [-0.3, -0.25) is 0 Å². The Bertz CT molecular complexity index is 254. The van der Waals surface area contributed by atoms with E-state index in [1.165, 1.54) is 83.8 Å². The molecule has 0 aromatic rings. The molecule has 3 atom stereocenters. The summed E-state index contributed by atoms with van der Waals surface area (Å²) in [6.07, 6.45) is 14.2. The fraction of sp³-hybridized carbons (Fsp3) is 1.00. The Hall–Kier alpha value is -0.0800. The summed E-state index contributed by atoms with van der Waals surface area (Å²) in [6, 6.07) is 1.67. The van der Waals surface area contributed by atoms with Gasteiger partial charge >= 0.3 is 0 Å². The minimum Gasteiger partial charge on any atom is -0.314 e. The van der Waals surface area contributed by atoms with E-state index >= 15 is 0 Å². The molecular formula is C18H36N2. The van der Waals surface area contributed by atoms with E-state index in [4.69, 9.17) is 0 Å². The van der Waals surface area contributed by atoms with E-state index in [2.05, 4.69) is 24.1 Å². The zero-order valence-corrected chi connectivity index (χ0v) is 13.9. The number of rotatable bonds is 6. The maximum atomic E-state index is 3.76. The molecule has 1 saturated heterocycles. The van der Waals surface area contributed by atoms with Crippen LogP contribution in [0, 0.1) is 5.92 Å². The van der Waals surface area contributed by atoms with Crippen LogP contribution in [0.15, 0.2) is 0 Å². The quantitative estimate of drug-likeness (QED) is 0.784. The first-order valence-corrected chi connectivity index (χ1v) is 9.30. The van der Waals surface area contributed by atoms with Gasteiger partial charge in [0.1, 0.15) is 0 Å². The first kappa shape index (κ1) is 16.3. The van der Waals surface area contributed by atoms with E-state index < -0.39 is 0 Å². The second-order valence-corrected chi connectivity index (χ2v) is 7.09. The van der Waals surface area contributed by atoms with E-state index in [-0.39, 0.29) is 0 Å². The first-order valence-electron chi connectivity index (χ1n) is 9.30. The molecule has 1 aliphatic carbocycles. The fourth-order valence-corrected chi connectivity index (χ4v) is 4.28. The van der Waals surface area contributed by atoms with Crippen molar-refractivity contribution >= 4 is 0 Å². The maximum Gasteiger partial charge on any atom is 0.0110 e. The van der Waals surface area contributed by atoms with Crippen molar-refractivity contribution in [1.82, 2.24) is 10.2 Å². The Morgan fingerprint density at radius 1 is 0.950 bits per heavy atom. The van der Waals surface area contributed by atoms with Crippen LogP contribution < -0.4 is 5.32 Å². The van der Waals surface area contributed by atoms with Crippen LogP contribution in [0.2, 0.25) is 0 Å². The van der Waals surface area contributed by atoms with Gasteiger partial charge in [-0.2, -0.15) is 0 Å². The van der Waals surface area contributed by atoms with E-state index in [1.807, 2.05) is 0 Å². The monoisotopic (exact) mass is 280 g/mol. The molecule has 0 bridgehead atoms. The highest BCUT2D eigenvalue weighted by molar-refractivity contribution is 4.85. The van der Waals surface area contributed by atoms with Gasteiger partial charge in [-0.15, -0.1) is 0 Å². The molecule has 2 fully saturated rings. The third kappa shape index (κ3) is 5.04. The summed E-state index contributed by atoms with van der Waals surface area (Å²) >= 11 is 0. The van der Waals surface area contributed by atoms with Crippen LogP contribution in [-0.4, -0.2) is 36.6 Å². The lowest BCUT2D eigenvalue weighted by Crippen LogP contribution is -2.45. The molecule has 0 aromatic heterocycles. The van der Waals surface area contributed by atoms with Crippen LogP contribution in [0.1, 0.15) is 78.1 Å². The van der Waals surface area contributed by atoms with Crippen molar-refractivity contribution in [3.8, 4) is 0 Å². The highest BCUT2D eigenvalue weighted by atomic mass is 15.2. The van der Waals surface area contributed by atoms with Crippen LogP contribution in [-0.2, 0) is 0 Å². The molecular weight excluding hydrogens is 244 g/mol. The molecule has 0 aromatic carbocycles. The van der Waals surface area contributed by atoms with Crippen LogP contribution in [0.3, 0.4) is 0 Å². The molecule has 0 amide bonds. The Labute approximate surface area is 126 Å². The van der Waals surface area contributed by atoms with Crippen LogP contribution in [0.4, 0.5) is 0 Å². The second kappa shape index (κ2) is 9.04. The first-order chi connectivity index (χ1) is 9.83. The van der Waals surface area contributed by atoms with Gasteiger partial charge in [0.25, 0.3) is 0 Å². The number of nitrogens with one attached hydrogen (secondary N) is 1. The molecule has 2 aliphatic rings. The molecule has 0 radical (unpaired) electrons. The van der Waals surface area contributed by atoms with Crippen molar-refractivity contribution in [3.63, 3.8) is 0 Å². The topological polar surface area (TPSA) is 15.3 Å². The number of hydrogen-bond acceptors (Lipinski definition) is 2. The highest BCUT2D eigenvalue weighted by Gasteiger charge is 2.27. The van der Waals surface area contributed by atoms with Gasteiger partial charge < -0.3 is 10.2 Å². The number of hydrogen-bond donors (Lipinski definition) is 1. The molecule has 1 aliphatic heterocycles. The van der Waals surface area contributed by atoms with E-state index in [9.17, 15) is 0 Å². The van der Waals surface area contributed by atoms with Gasteiger partial charge in [-0.1, -0.05) is 33.1 Å². The summed E-state index contributed by atoms with van der Waals surface area (Å²) in [5.41, 5.74) is 0. The van der Waals surface area contributed by atoms with Gasteiger partial charge in [0.15, 0.2) is 0 Å². The normalized spacial score (nSPS) is 33.0. The zero-order chi connectivity index (χ0) is 14.2. The maximum absolute atomic E-state index is 3.76. The van der Waals surface area contributed by atoms with E-state index in [0.717, 1.165) is 18.0 Å². The number of likely N-dealkylation sites (tertiary alicyclic amines) is 1. The van der Waals surface area contributed by atoms with Crippen molar-refractivity contribution in [2.24, 2.45) is 5.92 Å². The fourth-order valence-electron chi connectivity index (χ4n) is 4.28. The molecule has 1 saturated carbocycles. The molecule has 1 heterocycles. The van der Waals surface area contributed by atoms with E-state index in [1.54, 1.807) is 0 Å². The van der Waals surface area contributed by atoms with Gasteiger partial charge in [0, 0.05) is 12.1 Å². The summed E-state index contributed by atoms with van der Waals surface area (Å²) in [7, 11) is 0. The predicted octanol–water partition coefficient (Wildman–Crippen LogP) is 4.20. The molecule has 118 valence electrons. The Morgan fingerprint density at radius 2 is 1.85 bits per heavy atom. The SMILES string of the molecule is CCCNC1CCCC(N2CCCC(CCC)CC2)C1. The summed E-state index contributed by atoms with van der Waals surface area (Å²) < 4.78 is 0. The molecule has 2 heteroatoms. The average Bonchev–Trinajstić information content (AvgIpc) is 2.72. The Morgan fingerprint density at radius 3 is 2.65 bits per heavy atom. The van der Waals surface area contributed by atoms with Gasteiger partial charge in [0.2, 0.25) is 0 Å². The molecule has 0 spiro atoms. The zero-order valence-electron chi connectivity index (χ0n) is 13.9. The largest absolute Gasteiger partial charge is 0.314 e. The third-order valence-corrected chi connectivity index (χ3v) is 5.43. The lowest BCUT2D eigenvalue weighted by molar-refractivity contribution is 0.142. The van der Waals surface area contributed by atoms with Gasteiger partial charge in [-0.05, 0) is 70.5 Å². The summed E-state index contributed by atoms with van der Waals surface area (Å²) in [5, 5.41) is 3.76. The second-order valence-electron chi connectivity index (χ2n) is 7.09. The summed E-state index contributed by atoms with van der Waals surface area (Å²) in [5.74, 6) is 1.02. The third-order valence-electron chi connectivity index (χ3n) is 5.43. The Balaban J connectivity index is 1.78. The Kier molecular flexibility index (Phi) is 7.37. The molecule has 2 nitrogen and oxygen atoms in total. The molecule has 20 heavy (non-hydrogen) atoms. The van der Waals surface area contributed by atoms with Crippen LogP contribution in [0.5, 0.6) is 0 Å². The lowest BCUT2D eigenvalue weighted by atomic mass is 9.89. The summed E-state index contributed by atoms with van der Waals surface area (Å²) in [6.45, 7) is 8.56. The number of nitrogens with zero attached hydrogens (tertiary/aromatic N) is 1. The van der Waals surface area contributed by atoms with Crippen molar-refractivity contribution in [3.05, 3.63) is 0 Å². The average molecular weight is 280 g/mol. The predicted molar refractivity (Wildman–Crippen MR) is 88.2 cm³/mol. The molecule has 2 rings (SSSR count). The van der Waals surface area contributed by atoms with Crippen molar-refractivity contribution in [2.75, 3.05) is 19.6 Å². The van der Waals surface area contributed by atoms with Crippen LogP contribution >= 0.6 is 0 Å².